The van der Waals surface area contributed by atoms with E-state index in [0.717, 1.165) is 33.7 Å². The van der Waals surface area contributed by atoms with Crippen LogP contribution in [0.1, 0.15) is 21.6 Å². The Balaban J connectivity index is 1.64. The molecule has 152 valence electrons. The molecule has 1 N–H and O–H groups in total. The van der Waals surface area contributed by atoms with Gasteiger partial charge in [0.15, 0.2) is 5.65 Å². The summed E-state index contributed by atoms with van der Waals surface area (Å²) in [5.74, 6) is 0.693. The number of aryl methyl sites for hydroxylation is 2. The van der Waals surface area contributed by atoms with Crippen molar-refractivity contribution < 1.29 is 9.53 Å². The van der Waals surface area contributed by atoms with Gasteiger partial charge in [0.05, 0.1) is 29.4 Å². The Labute approximate surface area is 175 Å². The number of methoxy groups -OCH3 is 1. The fourth-order valence-corrected chi connectivity index (χ4v) is 3.70. The van der Waals surface area contributed by atoms with E-state index in [1.165, 1.54) is 0 Å². The van der Waals surface area contributed by atoms with E-state index in [4.69, 9.17) is 9.72 Å². The highest BCUT2D eigenvalue weighted by Gasteiger charge is 2.19. The molecule has 0 aliphatic carbocycles. The van der Waals surface area contributed by atoms with Gasteiger partial charge in [-0.05, 0) is 31.0 Å². The van der Waals surface area contributed by atoms with Crippen LogP contribution in [0.25, 0.3) is 22.3 Å². The molecule has 4 aromatic rings. The molecule has 0 fully saturated rings. The van der Waals surface area contributed by atoms with Gasteiger partial charge in [-0.1, -0.05) is 48.5 Å². The van der Waals surface area contributed by atoms with Gasteiger partial charge in [0.25, 0.3) is 5.91 Å². The number of para-hydroxylation sites is 1. The van der Waals surface area contributed by atoms with E-state index in [1.807, 2.05) is 74.6 Å². The molecule has 2 heterocycles. The molecule has 0 saturated carbocycles. The van der Waals surface area contributed by atoms with Crippen LogP contribution in [0.3, 0.4) is 0 Å². The van der Waals surface area contributed by atoms with Gasteiger partial charge >= 0.3 is 0 Å². The van der Waals surface area contributed by atoms with Gasteiger partial charge in [-0.3, -0.25) is 9.48 Å². The van der Waals surface area contributed by atoms with Gasteiger partial charge in [0.1, 0.15) is 5.75 Å². The Morgan fingerprint density at radius 3 is 2.60 bits per heavy atom. The molecule has 0 aliphatic heterocycles. The monoisotopic (exact) mass is 400 g/mol. The van der Waals surface area contributed by atoms with Crippen LogP contribution in [0, 0.1) is 6.92 Å². The molecule has 2 aromatic carbocycles. The van der Waals surface area contributed by atoms with Crippen LogP contribution in [0.5, 0.6) is 5.75 Å². The normalized spacial score (nSPS) is 10.9. The maximum absolute atomic E-state index is 13.1. The average molecular weight is 400 g/mol. The number of hydrogen-bond donors (Lipinski definition) is 1. The van der Waals surface area contributed by atoms with E-state index in [2.05, 4.69) is 10.4 Å². The number of carbonyl (C=O) groups is 1. The van der Waals surface area contributed by atoms with E-state index in [9.17, 15) is 4.79 Å². The summed E-state index contributed by atoms with van der Waals surface area (Å²) in [6.07, 6.45) is 0.682. The summed E-state index contributed by atoms with van der Waals surface area (Å²) in [7, 11) is 3.50. The van der Waals surface area contributed by atoms with Gasteiger partial charge in [-0.15, -0.1) is 0 Å². The smallest absolute Gasteiger partial charge is 0.252 e. The van der Waals surface area contributed by atoms with E-state index in [0.29, 0.717) is 24.2 Å². The first kappa shape index (κ1) is 19.6. The minimum Gasteiger partial charge on any atom is -0.496 e. The van der Waals surface area contributed by atoms with Gasteiger partial charge in [-0.25, -0.2) is 4.98 Å². The maximum Gasteiger partial charge on any atom is 0.252 e. The molecule has 0 atom stereocenters. The van der Waals surface area contributed by atoms with E-state index in [-0.39, 0.29) is 5.91 Å². The first-order valence-electron chi connectivity index (χ1n) is 9.88. The lowest BCUT2D eigenvalue weighted by molar-refractivity contribution is 0.0955. The summed E-state index contributed by atoms with van der Waals surface area (Å²) in [6.45, 7) is 2.40. The second-order valence-electron chi connectivity index (χ2n) is 7.15. The molecule has 0 spiro atoms. The van der Waals surface area contributed by atoms with Crippen LogP contribution in [0.15, 0.2) is 60.7 Å². The van der Waals surface area contributed by atoms with Crippen LogP contribution in [-0.4, -0.2) is 34.3 Å². The summed E-state index contributed by atoms with van der Waals surface area (Å²) in [6, 6.07) is 19.5. The van der Waals surface area contributed by atoms with Crippen molar-refractivity contribution in [2.75, 3.05) is 13.7 Å². The highest BCUT2D eigenvalue weighted by molar-refractivity contribution is 6.07. The number of nitrogens with zero attached hydrogens (tertiary/aromatic N) is 3. The Morgan fingerprint density at radius 1 is 1.10 bits per heavy atom. The van der Waals surface area contributed by atoms with E-state index >= 15 is 0 Å². The lowest BCUT2D eigenvalue weighted by Crippen LogP contribution is -2.26. The Bertz CT molecular complexity index is 1200. The number of ether oxygens (including phenoxy) is 1. The van der Waals surface area contributed by atoms with Crippen molar-refractivity contribution in [2.45, 2.75) is 13.3 Å². The molecule has 6 heteroatoms. The molecular formula is C24H24N4O2. The summed E-state index contributed by atoms with van der Waals surface area (Å²) in [5.41, 5.74) is 4.84. The summed E-state index contributed by atoms with van der Waals surface area (Å²) in [4.78, 5) is 17.9. The molecule has 0 radical (unpaired) electrons. The third-order valence-electron chi connectivity index (χ3n) is 5.16. The van der Waals surface area contributed by atoms with Gasteiger partial charge < -0.3 is 10.1 Å². The Hall–Kier alpha value is -3.67. The van der Waals surface area contributed by atoms with E-state index in [1.54, 1.807) is 11.8 Å². The van der Waals surface area contributed by atoms with E-state index < -0.39 is 0 Å². The molecule has 0 aliphatic rings. The second kappa shape index (κ2) is 8.37. The lowest BCUT2D eigenvalue weighted by Gasteiger charge is -2.11. The average Bonchev–Trinajstić information content (AvgIpc) is 3.07. The van der Waals surface area contributed by atoms with Crippen molar-refractivity contribution in [3.8, 4) is 17.0 Å². The zero-order valence-corrected chi connectivity index (χ0v) is 17.3. The van der Waals surface area contributed by atoms with Gasteiger partial charge in [0, 0.05) is 19.2 Å². The molecular weight excluding hydrogens is 376 g/mol. The largest absolute Gasteiger partial charge is 0.496 e. The van der Waals surface area contributed by atoms with Crippen LogP contribution in [0.4, 0.5) is 0 Å². The van der Waals surface area contributed by atoms with Crippen molar-refractivity contribution in [1.82, 2.24) is 20.1 Å². The van der Waals surface area contributed by atoms with Crippen LogP contribution in [0.2, 0.25) is 0 Å². The van der Waals surface area contributed by atoms with Crippen LogP contribution < -0.4 is 10.1 Å². The number of nitrogens with one attached hydrogen (secondary N) is 1. The van der Waals surface area contributed by atoms with Gasteiger partial charge in [-0.2, -0.15) is 5.10 Å². The topological polar surface area (TPSA) is 69.0 Å². The van der Waals surface area contributed by atoms with Crippen molar-refractivity contribution in [3.63, 3.8) is 0 Å². The molecule has 1 amide bonds. The summed E-state index contributed by atoms with van der Waals surface area (Å²) >= 11 is 0. The number of fused-ring (bicyclic) bond motifs is 1. The first-order valence-corrected chi connectivity index (χ1v) is 9.88. The number of benzene rings is 2. The standard InChI is InChI=1S/C24H24N4O2/c1-16-22-19(24(29)25-14-13-18-11-7-8-12-21(18)30-3)15-20(17-9-5-4-6-10-17)26-23(22)28(2)27-16/h4-12,15H,13-14H2,1-3H3,(H,25,29). The third-order valence-corrected chi connectivity index (χ3v) is 5.16. The number of aromatic nitrogens is 3. The molecule has 30 heavy (non-hydrogen) atoms. The quantitative estimate of drug-likeness (QED) is 0.533. The Morgan fingerprint density at radius 2 is 1.83 bits per heavy atom. The predicted molar refractivity (Wildman–Crippen MR) is 118 cm³/mol. The number of rotatable bonds is 6. The SMILES string of the molecule is COc1ccccc1CCNC(=O)c1cc(-c2ccccc2)nc2c1c(C)nn2C. The maximum atomic E-state index is 13.1. The van der Waals surface area contributed by atoms with Crippen molar-refractivity contribution in [2.24, 2.45) is 7.05 Å². The van der Waals surface area contributed by atoms with Crippen molar-refractivity contribution >= 4 is 16.9 Å². The number of hydrogen-bond acceptors (Lipinski definition) is 4. The number of amides is 1. The van der Waals surface area contributed by atoms with Gasteiger partial charge in [0.2, 0.25) is 0 Å². The van der Waals surface area contributed by atoms with Crippen molar-refractivity contribution in [3.05, 3.63) is 77.5 Å². The zero-order valence-electron chi connectivity index (χ0n) is 17.3. The minimum absolute atomic E-state index is 0.134. The molecule has 2 aromatic heterocycles. The predicted octanol–water partition coefficient (Wildman–Crippen LogP) is 3.92. The molecule has 0 saturated heterocycles. The third kappa shape index (κ3) is 3.76. The fraction of sp³-hybridized carbons (Fsp3) is 0.208. The summed E-state index contributed by atoms with van der Waals surface area (Å²) < 4.78 is 7.12. The summed E-state index contributed by atoms with van der Waals surface area (Å²) in [5, 5.41) is 8.31. The molecule has 4 rings (SSSR count). The molecule has 0 bridgehead atoms. The lowest BCUT2D eigenvalue weighted by atomic mass is 10.0. The first-order chi connectivity index (χ1) is 14.6. The van der Waals surface area contributed by atoms with Crippen molar-refractivity contribution in [1.29, 1.82) is 0 Å². The van der Waals surface area contributed by atoms with Crippen LogP contribution >= 0.6 is 0 Å². The fourth-order valence-electron chi connectivity index (χ4n) is 3.70. The zero-order chi connectivity index (χ0) is 21.1. The molecule has 6 nitrogen and oxygen atoms in total. The van der Waals surface area contributed by atoms with Crippen LogP contribution in [-0.2, 0) is 13.5 Å². The highest BCUT2D eigenvalue weighted by Crippen LogP contribution is 2.27. The highest BCUT2D eigenvalue weighted by atomic mass is 16.5. The molecule has 0 unspecified atom stereocenters. The Kier molecular flexibility index (Phi) is 5.48. The number of pyridine rings is 1. The number of carbonyl (C=O) groups excluding carboxylic acids is 1. The minimum atomic E-state index is -0.134. The second-order valence-corrected chi connectivity index (χ2v) is 7.15.